The maximum atomic E-state index is 11.4. The van der Waals surface area contributed by atoms with Gasteiger partial charge in [0.25, 0.3) is 0 Å². The third kappa shape index (κ3) is 3.06. The summed E-state index contributed by atoms with van der Waals surface area (Å²) < 4.78 is 2.04. The van der Waals surface area contributed by atoms with E-state index in [9.17, 15) is 4.79 Å². The molecule has 5 nitrogen and oxygen atoms in total. The molecule has 5 heteroatoms. The molecule has 0 saturated carbocycles. The van der Waals surface area contributed by atoms with Crippen molar-refractivity contribution in [1.29, 1.82) is 0 Å². The molecule has 1 unspecified atom stereocenters. The molecular formula is C11H18N4O. The predicted octanol–water partition coefficient (Wildman–Crippen LogP) is 0.141. The lowest BCUT2D eigenvalue weighted by atomic mass is 10.1. The van der Waals surface area contributed by atoms with Crippen molar-refractivity contribution in [3.63, 3.8) is 0 Å². The Bertz CT molecular complexity index is 323. The van der Waals surface area contributed by atoms with Gasteiger partial charge in [-0.15, -0.1) is 0 Å². The van der Waals surface area contributed by atoms with Crippen molar-refractivity contribution in [3.8, 4) is 0 Å². The lowest BCUT2D eigenvalue weighted by molar-refractivity contribution is -0.124. The average Bonchev–Trinajstić information content (AvgIpc) is 2.79. The Balaban J connectivity index is 1.62. The van der Waals surface area contributed by atoms with Gasteiger partial charge in [-0.3, -0.25) is 4.79 Å². The van der Waals surface area contributed by atoms with Gasteiger partial charge in [0.2, 0.25) is 5.91 Å². The summed E-state index contributed by atoms with van der Waals surface area (Å²) in [6.07, 6.45) is 8.59. The van der Waals surface area contributed by atoms with Crippen LogP contribution >= 0.6 is 0 Å². The van der Waals surface area contributed by atoms with Crippen LogP contribution in [-0.2, 0) is 11.3 Å². The minimum absolute atomic E-state index is 0.0107. The first-order valence-electron chi connectivity index (χ1n) is 5.83. The van der Waals surface area contributed by atoms with Crippen molar-refractivity contribution in [2.75, 3.05) is 13.1 Å². The largest absolute Gasteiger partial charge is 0.355 e. The highest BCUT2D eigenvalue weighted by molar-refractivity contribution is 5.82. The van der Waals surface area contributed by atoms with Crippen LogP contribution in [-0.4, -0.2) is 34.6 Å². The molecule has 1 saturated heterocycles. The average molecular weight is 222 g/mol. The summed E-state index contributed by atoms with van der Waals surface area (Å²) in [4.78, 5) is 15.4. The van der Waals surface area contributed by atoms with Gasteiger partial charge in [0.1, 0.15) is 0 Å². The molecule has 1 amide bonds. The fourth-order valence-corrected chi connectivity index (χ4v) is 1.92. The number of carbonyl (C=O) groups excluding carboxylic acids is 1. The second kappa shape index (κ2) is 5.65. The number of aryl methyl sites for hydroxylation is 1. The van der Waals surface area contributed by atoms with Gasteiger partial charge in [0, 0.05) is 25.5 Å². The van der Waals surface area contributed by atoms with E-state index >= 15 is 0 Å². The summed E-state index contributed by atoms with van der Waals surface area (Å²) in [6, 6.07) is 0.0107. The van der Waals surface area contributed by atoms with Crippen LogP contribution in [0.5, 0.6) is 0 Å². The molecule has 1 fully saturated rings. The van der Waals surface area contributed by atoms with Crippen molar-refractivity contribution in [1.82, 2.24) is 20.2 Å². The number of amides is 1. The number of hydrogen-bond donors (Lipinski definition) is 2. The monoisotopic (exact) mass is 222 g/mol. The van der Waals surface area contributed by atoms with Crippen LogP contribution in [0.1, 0.15) is 19.3 Å². The Labute approximate surface area is 95.2 Å². The molecule has 0 aromatic carbocycles. The van der Waals surface area contributed by atoms with Crippen molar-refractivity contribution in [2.24, 2.45) is 0 Å². The number of imidazole rings is 1. The first-order valence-corrected chi connectivity index (χ1v) is 5.83. The number of piperidine rings is 1. The van der Waals surface area contributed by atoms with Crippen molar-refractivity contribution >= 4 is 5.91 Å². The summed E-state index contributed by atoms with van der Waals surface area (Å²) in [5, 5.41) is 6.16. The molecule has 2 N–H and O–H groups in total. The van der Waals surface area contributed by atoms with Crippen molar-refractivity contribution in [2.45, 2.75) is 31.8 Å². The van der Waals surface area contributed by atoms with Gasteiger partial charge in [-0.05, 0) is 25.8 Å². The highest BCUT2D eigenvalue weighted by Gasteiger charge is 2.20. The van der Waals surface area contributed by atoms with E-state index in [1.165, 1.54) is 0 Å². The van der Waals surface area contributed by atoms with Crippen LogP contribution in [0, 0.1) is 0 Å². The van der Waals surface area contributed by atoms with Gasteiger partial charge < -0.3 is 15.2 Å². The van der Waals surface area contributed by atoms with Crippen LogP contribution < -0.4 is 10.6 Å². The molecule has 88 valence electrons. The van der Waals surface area contributed by atoms with E-state index in [4.69, 9.17) is 0 Å². The molecular weight excluding hydrogens is 204 g/mol. The predicted molar refractivity (Wildman–Crippen MR) is 60.9 cm³/mol. The minimum atomic E-state index is 0.0107. The lowest BCUT2D eigenvalue weighted by Crippen LogP contribution is -2.48. The van der Waals surface area contributed by atoms with Gasteiger partial charge >= 0.3 is 0 Å². The van der Waals surface area contributed by atoms with Crippen LogP contribution in [0.2, 0.25) is 0 Å². The van der Waals surface area contributed by atoms with Gasteiger partial charge in [0.05, 0.1) is 12.4 Å². The normalized spacial score (nSPS) is 20.8. The number of rotatable bonds is 5. The van der Waals surface area contributed by atoms with E-state index in [2.05, 4.69) is 15.6 Å². The van der Waals surface area contributed by atoms with E-state index in [1.54, 1.807) is 6.20 Å². The Morgan fingerprint density at radius 1 is 1.62 bits per heavy atom. The SMILES string of the molecule is O=C1NCCCC1NCCCn1ccnc1. The topological polar surface area (TPSA) is 59.0 Å². The number of aromatic nitrogens is 2. The molecule has 0 spiro atoms. The van der Waals surface area contributed by atoms with Crippen LogP contribution in [0.4, 0.5) is 0 Å². The van der Waals surface area contributed by atoms with Crippen LogP contribution in [0.15, 0.2) is 18.7 Å². The second-order valence-electron chi connectivity index (χ2n) is 4.09. The number of nitrogens with zero attached hydrogens (tertiary/aromatic N) is 2. The summed E-state index contributed by atoms with van der Waals surface area (Å²) in [5.74, 6) is 0.147. The fraction of sp³-hybridized carbons (Fsp3) is 0.636. The maximum Gasteiger partial charge on any atom is 0.237 e. The maximum absolute atomic E-state index is 11.4. The summed E-state index contributed by atoms with van der Waals surface area (Å²) in [7, 11) is 0. The highest BCUT2D eigenvalue weighted by atomic mass is 16.2. The standard InChI is InChI=1S/C11H18N4O/c16-11-10(3-1-4-14-11)13-5-2-7-15-8-6-12-9-15/h6,8-10,13H,1-5,7H2,(H,14,16). The molecule has 1 atom stereocenters. The summed E-state index contributed by atoms with van der Waals surface area (Å²) in [6.45, 7) is 2.64. The van der Waals surface area contributed by atoms with Gasteiger partial charge in [-0.1, -0.05) is 0 Å². The molecule has 1 aliphatic rings. The van der Waals surface area contributed by atoms with Crippen LogP contribution in [0.3, 0.4) is 0 Å². The third-order valence-electron chi connectivity index (χ3n) is 2.83. The van der Waals surface area contributed by atoms with E-state index < -0.39 is 0 Å². The van der Waals surface area contributed by atoms with Gasteiger partial charge in [-0.2, -0.15) is 0 Å². The van der Waals surface area contributed by atoms with Gasteiger partial charge in [-0.25, -0.2) is 4.98 Å². The number of hydrogen-bond acceptors (Lipinski definition) is 3. The van der Waals surface area contributed by atoms with Gasteiger partial charge in [0.15, 0.2) is 0 Å². The smallest absolute Gasteiger partial charge is 0.237 e. The summed E-state index contributed by atoms with van der Waals surface area (Å²) in [5.41, 5.74) is 0. The lowest BCUT2D eigenvalue weighted by Gasteiger charge is -2.22. The van der Waals surface area contributed by atoms with E-state index in [0.29, 0.717) is 0 Å². The van der Waals surface area contributed by atoms with Crippen molar-refractivity contribution in [3.05, 3.63) is 18.7 Å². The number of nitrogens with one attached hydrogen (secondary N) is 2. The van der Waals surface area contributed by atoms with E-state index in [0.717, 1.165) is 38.9 Å². The Hall–Kier alpha value is -1.36. The van der Waals surface area contributed by atoms with E-state index in [1.807, 2.05) is 17.1 Å². The molecule has 1 aliphatic heterocycles. The van der Waals surface area contributed by atoms with Crippen LogP contribution in [0.25, 0.3) is 0 Å². The van der Waals surface area contributed by atoms with E-state index in [-0.39, 0.29) is 11.9 Å². The zero-order chi connectivity index (χ0) is 11.2. The zero-order valence-electron chi connectivity index (χ0n) is 9.35. The molecule has 16 heavy (non-hydrogen) atoms. The molecule has 0 bridgehead atoms. The summed E-state index contributed by atoms with van der Waals surface area (Å²) >= 11 is 0. The Kier molecular flexibility index (Phi) is 3.93. The molecule has 1 aromatic heterocycles. The molecule has 2 heterocycles. The Morgan fingerprint density at radius 2 is 2.56 bits per heavy atom. The molecule has 0 aliphatic carbocycles. The third-order valence-corrected chi connectivity index (χ3v) is 2.83. The molecule has 0 radical (unpaired) electrons. The zero-order valence-corrected chi connectivity index (χ0v) is 9.35. The second-order valence-corrected chi connectivity index (χ2v) is 4.09. The molecule has 2 rings (SSSR count). The fourth-order valence-electron chi connectivity index (χ4n) is 1.92. The highest BCUT2D eigenvalue weighted by Crippen LogP contribution is 2.02. The first kappa shape index (κ1) is 11.1. The Morgan fingerprint density at radius 3 is 3.31 bits per heavy atom. The minimum Gasteiger partial charge on any atom is -0.355 e. The molecule has 1 aromatic rings. The van der Waals surface area contributed by atoms with Crippen molar-refractivity contribution < 1.29 is 4.79 Å². The number of carbonyl (C=O) groups is 1. The quantitative estimate of drug-likeness (QED) is 0.697. The first-order chi connectivity index (χ1) is 7.86.